The molecular weight excluding hydrogens is 192 g/mol. The van der Waals surface area contributed by atoms with Crippen LogP contribution in [0.4, 0.5) is 0 Å². The van der Waals surface area contributed by atoms with E-state index in [0.29, 0.717) is 0 Å². The van der Waals surface area contributed by atoms with Crippen LogP contribution in [0.1, 0.15) is 18.1 Å². The van der Waals surface area contributed by atoms with Crippen molar-refractivity contribution in [3.63, 3.8) is 0 Å². The molecule has 15 heavy (non-hydrogen) atoms. The molecule has 0 amide bonds. The summed E-state index contributed by atoms with van der Waals surface area (Å²) in [6.07, 6.45) is 1.12. The number of benzene rings is 1. The fraction of sp³-hybridized carbons (Fsp3) is 0.417. The Hall–Kier alpha value is -1.35. The van der Waals surface area contributed by atoms with E-state index in [9.17, 15) is 4.79 Å². The number of carbonyl (C=O) groups is 1. The Balaban J connectivity index is 2.60. The molecule has 1 unspecified atom stereocenters. The lowest BCUT2D eigenvalue weighted by Gasteiger charge is -2.09. The van der Waals surface area contributed by atoms with Gasteiger partial charge in [0.05, 0.1) is 12.5 Å². The summed E-state index contributed by atoms with van der Waals surface area (Å²) >= 11 is 0. The molecule has 0 bridgehead atoms. The SMILES string of the molecule is COC(C)Cc1ccc(CC(=O)O)cc1. The lowest BCUT2D eigenvalue weighted by molar-refractivity contribution is -0.136. The average molecular weight is 208 g/mol. The number of methoxy groups -OCH3 is 1. The molecule has 0 fully saturated rings. The normalized spacial score (nSPS) is 12.4. The van der Waals surface area contributed by atoms with Crippen LogP contribution in [-0.2, 0) is 22.4 Å². The Morgan fingerprint density at radius 2 is 1.87 bits per heavy atom. The first-order valence-electron chi connectivity index (χ1n) is 4.94. The van der Waals surface area contributed by atoms with E-state index in [0.717, 1.165) is 12.0 Å². The number of carboxylic acids is 1. The highest BCUT2D eigenvalue weighted by Crippen LogP contribution is 2.08. The fourth-order valence-corrected chi connectivity index (χ4v) is 1.38. The van der Waals surface area contributed by atoms with Crippen molar-refractivity contribution in [2.45, 2.75) is 25.9 Å². The maximum Gasteiger partial charge on any atom is 0.307 e. The lowest BCUT2D eigenvalue weighted by Crippen LogP contribution is -2.08. The van der Waals surface area contributed by atoms with Crippen LogP contribution in [0.15, 0.2) is 24.3 Å². The van der Waals surface area contributed by atoms with Gasteiger partial charge in [-0.15, -0.1) is 0 Å². The van der Waals surface area contributed by atoms with Gasteiger partial charge in [0.2, 0.25) is 0 Å². The molecule has 1 N–H and O–H groups in total. The number of hydrogen-bond acceptors (Lipinski definition) is 2. The Labute approximate surface area is 89.7 Å². The molecule has 1 rings (SSSR count). The highest BCUT2D eigenvalue weighted by molar-refractivity contribution is 5.70. The second kappa shape index (κ2) is 5.51. The molecule has 0 aliphatic heterocycles. The minimum Gasteiger partial charge on any atom is -0.481 e. The van der Waals surface area contributed by atoms with Crippen LogP contribution < -0.4 is 0 Å². The van der Waals surface area contributed by atoms with Gasteiger partial charge < -0.3 is 9.84 Å². The third-order valence-electron chi connectivity index (χ3n) is 2.30. The third-order valence-corrected chi connectivity index (χ3v) is 2.30. The smallest absolute Gasteiger partial charge is 0.307 e. The van der Waals surface area contributed by atoms with Crippen molar-refractivity contribution in [3.05, 3.63) is 35.4 Å². The number of hydrogen-bond donors (Lipinski definition) is 1. The summed E-state index contributed by atoms with van der Waals surface area (Å²) in [6.45, 7) is 2.01. The minimum absolute atomic E-state index is 0.0834. The van der Waals surface area contributed by atoms with Crippen LogP contribution in [0.25, 0.3) is 0 Å². The topological polar surface area (TPSA) is 46.5 Å². The molecule has 0 aliphatic carbocycles. The molecule has 0 aliphatic rings. The number of carboxylic acid groups (broad SMARTS) is 1. The van der Waals surface area contributed by atoms with Gasteiger partial charge in [-0.3, -0.25) is 4.79 Å². The molecule has 0 radical (unpaired) electrons. The van der Waals surface area contributed by atoms with E-state index in [4.69, 9.17) is 9.84 Å². The molecule has 0 heterocycles. The summed E-state index contributed by atoms with van der Waals surface area (Å²) in [5.74, 6) is -0.798. The zero-order chi connectivity index (χ0) is 11.3. The maximum absolute atomic E-state index is 10.5. The summed E-state index contributed by atoms with van der Waals surface area (Å²) in [5.41, 5.74) is 2.00. The van der Waals surface area contributed by atoms with E-state index in [-0.39, 0.29) is 12.5 Å². The molecule has 1 atom stereocenters. The van der Waals surface area contributed by atoms with Crippen molar-refractivity contribution < 1.29 is 14.6 Å². The van der Waals surface area contributed by atoms with E-state index in [2.05, 4.69) is 0 Å². The van der Waals surface area contributed by atoms with Crippen LogP contribution in [-0.4, -0.2) is 24.3 Å². The number of ether oxygens (including phenoxy) is 1. The molecule has 0 saturated carbocycles. The molecule has 0 aromatic heterocycles. The molecule has 3 heteroatoms. The van der Waals surface area contributed by atoms with Gasteiger partial charge in [0.25, 0.3) is 0 Å². The summed E-state index contributed by atoms with van der Waals surface area (Å²) in [7, 11) is 1.68. The summed E-state index contributed by atoms with van der Waals surface area (Å²) in [6, 6.07) is 7.61. The zero-order valence-corrected chi connectivity index (χ0v) is 9.06. The van der Waals surface area contributed by atoms with Crippen molar-refractivity contribution in [1.29, 1.82) is 0 Å². The Bertz CT molecular complexity index is 316. The van der Waals surface area contributed by atoms with Gasteiger partial charge >= 0.3 is 5.97 Å². The van der Waals surface area contributed by atoms with Gasteiger partial charge in [-0.1, -0.05) is 24.3 Å². The van der Waals surface area contributed by atoms with Crippen molar-refractivity contribution >= 4 is 5.97 Å². The van der Waals surface area contributed by atoms with Crippen LogP contribution in [0.5, 0.6) is 0 Å². The molecule has 1 aromatic rings. The van der Waals surface area contributed by atoms with Crippen molar-refractivity contribution in [3.8, 4) is 0 Å². The highest BCUT2D eigenvalue weighted by atomic mass is 16.5. The average Bonchev–Trinajstić information content (AvgIpc) is 2.20. The lowest BCUT2D eigenvalue weighted by atomic mass is 10.1. The monoisotopic (exact) mass is 208 g/mol. The van der Waals surface area contributed by atoms with Crippen LogP contribution in [0, 0.1) is 0 Å². The summed E-state index contributed by atoms with van der Waals surface area (Å²) < 4.78 is 5.15. The number of aliphatic carboxylic acids is 1. The third kappa shape index (κ3) is 4.13. The molecule has 1 aromatic carbocycles. The maximum atomic E-state index is 10.5. The van der Waals surface area contributed by atoms with E-state index in [1.54, 1.807) is 7.11 Å². The van der Waals surface area contributed by atoms with Gasteiger partial charge in [0.1, 0.15) is 0 Å². The van der Waals surface area contributed by atoms with Gasteiger partial charge in [-0.05, 0) is 24.5 Å². The van der Waals surface area contributed by atoms with Crippen LogP contribution >= 0.6 is 0 Å². The second-order valence-electron chi connectivity index (χ2n) is 3.64. The molecule has 0 spiro atoms. The van der Waals surface area contributed by atoms with E-state index in [1.165, 1.54) is 5.56 Å². The molecular formula is C12H16O3. The Morgan fingerprint density at radius 1 is 1.33 bits per heavy atom. The van der Waals surface area contributed by atoms with Gasteiger partial charge in [0.15, 0.2) is 0 Å². The van der Waals surface area contributed by atoms with Crippen molar-refractivity contribution in [2.24, 2.45) is 0 Å². The first-order chi connectivity index (χ1) is 7.11. The first kappa shape index (κ1) is 11.7. The van der Waals surface area contributed by atoms with Crippen molar-refractivity contribution in [1.82, 2.24) is 0 Å². The standard InChI is InChI=1S/C12H16O3/c1-9(15-2)7-10-3-5-11(6-4-10)8-12(13)14/h3-6,9H,7-8H2,1-2H3,(H,13,14). The minimum atomic E-state index is -0.798. The van der Waals surface area contributed by atoms with Crippen LogP contribution in [0.3, 0.4) is 0 Å². The number of rotatable bonds is 5. The predicted octanol–water partition coefficient (Wildman–Crippen LogP) is 1.89. The predicted molar refractivity (Wildman–Crippen MR) is 58.0 cm³/mol. The van der Waals surface area contributed by atoms with Gasteiger partial charge in [-0.25, -0.2) is 0 Å². The Kier molecular flexibility index (Phi) is 4.31. The summed E-state index contributed by atoms with van der Waals surface area (Å²) in [5, 5.41) is 8.60. The molecule has 3 nitrogen and oxygen atoms in total. The highest BCUT2D eigenvalue weighted by Gasteiger charge is 2.03. The van der Waals surface area contributed by atoms with Gasteiger partial charge in [-0.2, -0.15) is 0 Å². The van der Waals surface area contributed by atoms with Gasteiger partial charge in [0, 0.05) is 7.11 Å². The largest absolute Gasteiger partial charge is 0.481 e. The fourth-order valence-electron chi connectivity index (χ4n) is 1.38. The van der Waals surface area contributed by atoms with Crippen molar-refractivity contribution in [2.75, 3.05) is 7.11 Å². The Morgan fingerprint density at radius 3 is 2.33 bits per heavy atom. The molecule has 82 valence electrons. The summed E-state index contributed by atoms with van der Waals surface area (Å²) in [4.78, 5) is 10.5. The first-order valence-corrected chi connectivity index (χ1v) is 4.94. The van der Waals surface area contributed by atoms with E-state index >= 15 is 0 Å². The van der Waals surface area contributed by atoms with E-state index in [1.807, 2.05) is 31.2 Å². The molecule has 0 saturated heterocycles. The van der Waals surface area contributed by atoms with Crippen LogP contribution in [0.2, 0.25) is 0 Å². The van der Waals surface area contributed by atoms with E-state index < -0.39 is 5.97 Å². The quantitative estimate of drug-likeness (QED) is 0.803. The second-order valence-corrected chi connectivity index (χ2v) is 3.64. The zero-order valence-electron chi connectivity index (χ0n) is 9.06.